The molecule has 1 aromatic carbocycles. The zero-order chi connectivity index (χ0) is 14.5. The Morgan fingerprint density at radius 2 is 2.15 bits per heavy atom. The van der Waals surface area contributed by atoms with Gasteiger partial charge < -0.3 is 16.0 Å². The number of amides is 1. The monoisotopic (exact) mass is 279 g/mol. The van der Waals surface area contributed by atoms with Crippen molar-refractivity contribution in [2.45, 2.75) is 19.8 Å². The van der Waals surface area contributed by atoms with E-state index in [0.29, 0.717) is 18.0 Å². The maximum absolute atomic E-state index is 13.0. The van der Waals surface area contributed by atoms with Crippen LogP contribution in [0.5, 0.6) is 0 Å². The molecule has 0 bridgehead atoms. The molecule has 0 aromatic heterocycles. The summed E-state index contributed by atoms with van der Waals surface area (Å²) in [7, 11) is 0. The molecule has 2 rings (SSSR count). The van der Waals surface area contributed by atoms with Gasteiger partial charge in [-0.15, -0.1) is 0 Å². The van der Waals surface area contributed by atoms with Gasteiger partial charge in [0.25, 0.3) is 5.91 Å². The normalized spacial score (nSPS) is 17.1. The Balaban J connectivity index is 1.80. The molecule has 5 heteroatoms. The number of nitrogens with two attached hydrogens (primary N) is 1. The van der Waals surface area contributed by atoms with E-state index < -0.39 is 5.82 Å². The van der Waals surface area contributed by atoms with E-state index in [1.165, 1.54) is 31.0 Å². The lowest BCUT2D eigenvalue weighted by atomic mass is 10.1. The third-order valence-corrected chi connectivity index (χ3v) is 3.64. The molecule has 1 aromatic rings. The van der Waals surface area contributed by atoms with Crippen LogP contribution in [0.15, 0.2) is 18.2 Å². The molecule has 1 fully saturated rings. The first kappa shape index (κ1) is 14.8. The van der Waals surface area contributed by atoms with Crippen LogP contribution in [-0.2, 0) is 0 Å². The Morgan fingerprint density at radius 3 is 2.80 bits per heavy atom. The molecule has 0 saturated carbocycles. The Morgan fingerprint density at radius 1 is 1.45 bits per heavy atom. The van der Waals surface area contributed by atoms with Gasteiger partial charge in [-0.1, -0.05) is 6.92 Å². The minimum absolute atomic E-state index is 0.00256. The number of halogens is 1. The van der Waals surface area contributed by atoms with Crippen molar-refractivity contribution >= 4 is 11.6 Å². The Kier molecular flexibility index (Phi) is 4.95. The number of hydrogen-bond acceptors (Lipinski definition) is 3. The molecule has 4 nitrogen and oxygen atoms in total. The van der Waals surface area contributed by atoms with Crippen LogP contribution in [0.2, 0.25) is 0 Å². The fraction of sp³-hybridized carbons (Fsp3) is 0.533. The van der Waals surface area contributed by atoms with Crippen molar-refractivity contribution in [2.24, 2.45) is 5.92 Å². The van der Waals surface area contributed by atoms with Gasteiger partial charge in [0.05, 0.1) is 5.69 Å². The minimum atomic E-state index is -0.496. The van der Waals surface area contributed by atoms with Crippen LogP contribution in [0.25, 0.3) is 0 Å². The van der Waals surface area contributed by atoms with Crippen molar-refractivity contribution in [3.8, 4) is 0 Å². The van der Waals surface area contributed by atoms with Crippen molar-refractivity contribution in [3.05, 3.63) is 29.6 Å². The summed E-state index contributed by atoms with van der Waals surface area (Å²) in [6.07, 6.45) is 2.54. The fourth-order valence-corrected chi connectivity index (χ4v) is 2.52. The van der Waals surface area contributed by atoms with Crippen molar-refractivity contribution in [1.82, 2.24) is 10.2 Å². The third-order valence-electron chi connectivity index (χ3n) is 3.64. The Bertz CT molecular complexity index is 472. The topological polar surface area (TPSA) is 58.4 Å². The van der Waals surface area contributed by atoms with E-state index in [2.05, 4.69) is 17.1 Å². The first-order valence-corrected chi connectivity index (χ1v) is 7.12. The van der Waals surface area contributed by atoms with Crippen LogP contribution >= 0.6 is 0 Å². The van der Waals surface area contributed by atoms with Gasteiger partial charge in [-0.3, -0.25) is 4.79 Å². The van der Waals surface area contributed by atoms with Gasteiger partial charge in [0, 0.05) is 18.7 Å². The van der Waals surface area contributed by atoms with Gasteiger partial charge in [-0.2, -0.15) is 0 Å². The van der Waals surface area contributed by atoms with E-state index >= 15 is 0 Å². The highest BCUT2D eigenvalue weighted by molar-refractivity contribution is 5.95. The maximum Gasteiger partial charge on any atom is 0.251 e. The van der Waals surface area contributed by atoms with Gasteiger partial charge in [0.1, 0.15) is 5.82 Å². The number of benzene rings is 1. The second-order valence-electron chi connectivity index (χ2n) is 5.56. The number of nitrogen functional groups attached to an aromatic ring is 1. The van der Waals surface area contributed by atoms with Gasteiger partial charge in [-0.05, 0) is 50.0 Å². The summed E-state index contributed by atoms with van der Waals surface area (Å²) in [5, 5.41) is 2.88. The zero-order valence-corrected chi connectivity index (χ0v) is 11.9. The SMILES string of the molecule is CC(CNC(=O)c1ccc(F)c(N)c1)CN1CCCC1. The summed E-state index contributed by atoms with van der Waals surface area (Å²) in [6, 6.07) is 4.04. The standard InChI is InChI=1S/C15H22FN3O/c1-11(10-19-6-2-3-7-19)9-18-15(20)12-4-5-13(16)14(17)8-12/h4-5,8,11H,2-3,6-7,9-10,17H2,1H3,(H,18,20). The summed E-state index contributed by atoms with van der Waals surface area (Å²) in [5.74, 6) is -0.302. The highest BCUT2D eigenvalue weighted by atomic mass is 19.1. The van der Waals surface area contributed by atoms with E-state index in [-0.39, 0.29) is 11.6 Å². The lowest BCUT2D eigenvalue weighted by molar-refractivity contribution is 0.0945. The summed E-state index contributed by atoms with van der Waals surface area (Å²) in [4.78, 5) is 14.4. The molecule has 1 aliphatic rings. The molecule has 3 N–H and O–H groups in total. The molecular weight excluding hydrogens is 257 g/mol. The Hall–Kier alpha value is -1.62. The van der Waals surface area contributed by atoms with Crippen molar-refractivity contribution < 1.29 is 9.18 Å². The molecule has 20 heavy (non-hydrogen) atoms. The number of nitrogens with one attached hydrogen (secondary N) is 1. The zero-order valence-electron chi connectivity index (χ0n) is 11.9. The molecule has 1 saturated heterocycles. The average Bonchev–Trinajstić information content (AvgIpc) is 2.92. The largest absolute Gasteiger partial charge is 0.396 e. The molecular formula is C15H22FN3O. The molecule has 0 spiro atoms. The summed E-state index contributed by atoms with van der Waals surface area (Å²) in [5.41, 5.74) is 5.86. The predicted octanol–water partition coefficient (Wildman–Crippen LogP) is 1.87. The van der Waals surface area contributed by atoms with Crippen LogP contribution in [0.3, 0.4) is 0 Å². The molecule has 1 atom stereocenters. The van der Waals surface area contributed by atoms with Crippen LogP contribution in [0.1, 0.15) is 30.1 Å². The van der Waals surface area contributed by atoms with Gasteiger partial charge in [0.2, 0.25) is 0 Å². The number of carbonyl (C=O) groups is 1. The van der Waals surface area contributed by atoms with E-state index in [4.69, 9.17) is 5.73 Å². The van der Waals surface area contributed by atoms with E-state index in [0.717, 1.165) is 19.6 Å². The second-order valence-corrected chi connectivity index (χ2v) is 5.56. The van der Waals surface area contributed by atoms with Crippen LogP contribution in [0.4, 0.5) is 10.1 Å². The maximum atomic E-state index is 13.0. The first-order chi connectivity index (χ1) is 9.56. The molecule has 1 aliphatic heterocycles. The summed E-state index contributed by atoms with van der Waals surface area (Å²) in [6.45, 7) is 6.07. The summed E-state index contributed by atoms with van der Waals surface area (Å²) < 4.78 is 13.0. The summed E-state index contributed by atoms with van der Waals surface area (Å²) >= 11 is 0. The number of rotatable bonds is 5. The molecule has 110 valence electrons. The molecule has 1 unspecified atom stereocenters. The Labute approximate surface area is 119 Å². The first-order valence-electron chi connectivity index (χ1n) is 7.12. The lowest BCUT2D eigenvalue weighted by Crippen LogP contribution is -2.34. The fourth-order valence-electron chi connectivity index (χ4n) is 2.52. The van der Waals surface area contributed by atoms with Gasteiger partial charge in [-0.25, -0.2) is 4.39 Å². The van der Waals surface area contributed by atoms with Crippen molar-refractivity contribution in [1.29, 1.82) is 0 Å². The number of anilines is 1. The molecule has 0 radical (unpaired) electrons. The molecule has 1 amide bonds. The average molecular weight is 279 g/mol. The van der Waals surface area contributed by atoms with Gasteiger partial charge in [0.15, 0.2) is 0 Å². The van der Waals surface area contributed by atoms with Crippen molar-refractivity contribution in [3.63, 3.8) is 0 Å². The highest BCUT2D eigenvalue weighted by Crippen LogP contribution is 2.13. The number of nitrogens with zero attached hydrogens (tertiary/aromatic N) is 1. The molecule has 1 heterocycles. The lowest BCUT2D eigenvalue weighted by Gasteiger charge is -2.20. The van der Waals surface area contributed by atoms with Crippen LogP contribution in [-0.4, -0.2) is 37.0 Å². The van der Waals surface area contributed by atoms with E-state index in [1.807, 2.05) is 0 Å². The number of hydrogen-bond donors (Lipinski definition) is 2. The van der Waals surface area contributed by atoms with Crippen LogP contribution < -0.4 is 11.1 Å². The van der Waals surface area contributed by atoms with Gasteiger partial charge >= 0.3 is 0 Å². The second kappa shape index (κ2) is 6.70. The molecule has 0 aliphatic carbocycles. The predicted molar refractivity (Wildman–Crippen MR) is 78.0 cm³/mol. The minimum Gasteiger partial charge on any atom is -0.396 e. The number of likely N-dealkylation sites (tertiary alicyclic amines) is 1. The van der Waals surface area contributed by atoms with Crippen molar-refractivity contribution in [2.75, 3.05) is 31.9 Å². The quantitative estimate of drug-likeness (QED) is 0.809. The highest BCUT2D eigenvalue weighted by Gasteiger charge is 2.15. The van der Waals surface area contributed by atoms with E-state index in [9.17, 15) is 9.18 Å². The third kappa shape index (κ3) is 3.93. The van der Waals surface area contributed by atoms with E-state index in [1.54, 1.807) is 0 Å². The van der Waals surface area contributed by atoms with Crippen LogP contribution in [0, 0.1) is 11.7 Å². The number of carbonyl (C=O) groups excluding carboxylic acids is 1. The smallest absolute Gasteiger partial charge is 0.251 e.